The van der Waals surface area contributed by atoms with Gasteiger partial charge < -0.3 is 4.74 Å². The summed E-state index contributed by atoms with van der Waals surface area (Å²) in [6, 6.07) is 7.23. The van der Waals surface area contributed by atoms with Crippen LogP contribution in [0.4, 0.5) is 0 Å². The largest absolute Gasteiger partial charge is 0.458 e. The first kappa shape index (κ1) is 13.4. The molecule has 0 radical (unpaired) electrons. The van der Waals surface area contributed by atoms with Crippen molar-refractivity contribution in [3.8, 4) is 0 Å². The number of carbonyl (C=O) groups excluding carboxylic acids is 2. The van der Waals surface area contributed by atoms with Crippen LogP contribution in [-0.4, -0.2) is 11.8 Å². The van der Waals surface area contributed by atoms with E-state index in [0.29, 0.717) is 12.0 Å². The summed E-state index contributed by atoms with van der Waals surface area (Å²) in [6.07, 6.45) is 1.14. The van der Waals surface area contributed by atoms with Gasteiger partial charge in [-0.05, 0) is 18.9 Å². The second-order valence-corrected chi connectivity index (χ2v) is 4.05. The number of hydrogen-bond acceptors (Lipinski definition) is 3. The third kappa shape index (κ3) is 4.02. The minimum absolute atomic E-state index is 0.152. The quantitative estimate of drug-likeness (QED) is 0.580. The number of ketones is 1. The normalized spacial score (nSPS) is 11.9. The van der Waals surface area contributed by atoms with E-state index in [1.807, 2.05) is 26.0 Å². The van der Waals surface area contributed by atoms with E-state index in [2.05, 4.69) is 0 Å². The lowest BCUT2D eigenvalue weighted by atomic mass is 10.0. The fourth-order valence-electron chi connectivity index (χ4n) is 1.63. The molecular weight excluding hydrogens is 216 g/mol. The molecule has 0 heterocycles. The monoisotopic (exact) mass is 234 g/mol. The van der Waals surface area contributed by atoms with E-state index in [9.17, 15) is 9.59 Å². The number of ether oxygens (including phenoxy) is 1. The summed E-state index contributed by atoms with van der Waals surface area (Å²) in [7, 11) is 0. The first-order chi connectivity index (χ1) is 8.04. The van der Waals surface area contributed by atoms with Crippen LogP contribution in [0, 0.1) is 0 Å². The standard InChI is InChI=1S/C14H18O3/c1-4-5-14(16)13-8-6-12(7-9-13)10(2)17-11(3)15/h6-10H,4-5H2,1-3H3. The van der Waals surface area contributed by atoms with E-state index in [1.54, 1.807) is 12.1 Å². The lowest BCUT2D eigenvalue weighted by Crippen LogP contribution is -2.05. The molecule has 0 N–H and O–H groups in total. The molecule has 1 aromatic carbocycles. The highest BCUT2D eigenvalue weighted by atomic mass is 16.5. The fraction of sp³-hybridized carbons (Fsp3) is 0.429. The van der Waals surface area contributed by atoms with Gasteiger partial charge in [-0.2, -0.15) is 0 Å². The van der Waals surface area contributed by atoms with Crippen LogP contribution < -0.4 is 0 Å². The van der Waals surface area contributed by atoms with Gasteiger partial charge in [-0.3, -0.25) is 9.59 Å². The average Bonchev–Trinajstić information content (AvgIpc) is 2.28. The highest BCUT2D eigenvalue weighted by Crippen LogP contribution is 2.18. The molecule has 1 atom stereocenters. The van der Waals surface area contributed by atoms with Gasteiger partial charge in [0, 0.05) is 18.9 Å². The Morgan fingerprint density at radius 1 is 1.24 bits per heavy atom. The minimum atomic E-state index is -0.302. The number of hydrogen-bond donors (Lipinski definition) is 0. The molecule has 0 spiro atoms. The van der Waals surface area contributed by atoms with Crippen molar-refractivity contribution in [2.24, 2.45) is 0 Å². The maximum Gasteiger partial charge on any atom is 0.303 e. The van der Waals surface area contributed by atoms with E-state index < -0.39 is 0 Å². The Morgan fingerprint density at radius 3 is 2.29 bits per heavy atom. The Labute approximate surface area is 102 Å². The Kier molecular flexibility index (Phi) is 4.88. The summed E-state index contributed by atoms with van der Waals surface area (Å²) in [4.78, 5) is 22.4. The summed E-state index contributed by atoms with van der Waals surface area (Å²) in [5, 5.41) is 0. The van der Waals surface area contributed by atoms with Crippen molar-refractivity contribution in [2.75, 3.05) is 0 Å². The van der Waals surface area contributed by atoms with Gasteiger partial charge in [0.2, 0.25) is 0 Å². The van der Waals surface area contributed by atoms with Gasteiger partial charge in [0.1, 0.15) is 6.10 Å². The van der Waals surface area contributed by atoms with E-state index in [4.69, 9.17) is 4.74 Å². The maximum atomic E-state index is 11.6. The van der Waals surface area contributed by atoms with Crippen LogP contribution in [0.5, 0.6) is 0 Å². The molecule has 0 saturated carbocycles. The van der Waals surface area contributed by atoms with Crippen LogP contribution in [0.25, 0.3) is 0 Å². The molecule has 0 saturated heterocycles. The number of esters is 1. The van der Waals surface area contributed by atoms with Gasteiger partial charge in [0.25, 0.3) is 0 Å². The summed E-state index contributed by atoms with van der Waals surface area (Å²) < 4.78 is 5.06. The summed E-state index contributed by atoms with van der Waals surface area (Å²) in [5.74, 6) is -0.150. The molecular formula is C14H18O3. The van der Waals surface area contributed by atoms with Crippen molar-refractivity contribution < 1.29 is 14.3 Å². The van der Waals surface area contributed by atoms with Gasteiger partial charge in [-0.25, -0.2) is 0 Å². The highest BCUT2D eigenvalue weighted by Gasteiger charge is 2.10. The van der Waals surface area contributed by atoms with Crippen LogP contribution in [0.15, 0.2) is 24.3 Å². The van der Waals surface area contributed by atoms with Gasteiger partial charge in [0.15, 0.2) is 5.78 Å². The van der Waals surface area contributed by atoms with E-state index in [0.717, 1.165) is 12.0 Å². The first-order valence-electron chi connectivity index (χ1n) is 5.85. The smallest absolute Gasteiger partial charge is 0.303 e. The zero-order valence-corrected chi connectivity index (χ0v) is 10.5. The Balaban J connectivity index is 2.73. The van der Waals surface area contributed by atoms with Crippen molar-refractivity contribution in [2.45, 2.75) is 39.7 Å². The van der Waals surface area contributed by atoms with Crippen molar-refractivity contribution in [3.05, 3.63) is 35.4 Å². The molecule has 3 heteroatoms. The second kappa shape index (κ2) is 6.18. The Morgan fingerprint density at radius 2 is 1.82 bits per heavy atom. The molecule has 17 heavy (non-hydrogen) atoms. The molecule has 1 rings (SSSR count). The molecule has 92 valence electrons. The predicted molar refractivity (Wildman–Crippen MR) is 65.9 cm³/mol. The third-order valence-corrected chi connectivity index (χ3v) is 2.52. The van der Waals surface area contributed by atoms with E-state index >= 15 is 0 Å². The number of rotatable bonds is 5. The van der Waals surface area contributed by atoms with Gasteiger partial charge in [-0.15, -0.1) is 0 Å². The SMILES string of the molecule is CCCC(=O)c1ccc(C(C)OC(C)=O)cc1. The summed E-state index contributed by atoms with van der Waals surface area (Å²) >= 11 is 0. The highest BCUT2D eigenvalue weighted by molar-refractivity contribution is 5.96. The number of benzene rings is 1. The number of carbonyl (C=O) groups is 2. The second-order valence-electron chi connectivity index (χ2n) is 4.05. The zero-order chi connectivity index (χ0) is 12.8. The molecule has 1 aromatic rings. The van der Waals surface area contributed by atoms with Crippen LogP contribution in [0.2, 0.25) is 0 Å². The van der Waals surface area contributed by atoms with Crippen molar-refractivity contribution in [1.29, 1.82) is 0 Å². The number of Topliss-reactive ketones (excluding diaryl/α,β-unsaturated/α-hetero) is 1. The molecule has 0 fully saturated rings. The maximum absolute atomic E-state index is 11.6. The molecule has 0 aromatic heterocycles. The molecule has 0 bridgehead atoms. The van der Waals surface area contributed by atoms with Crippen LogP contribution >= 0.6 is 0 Å². The molecule has 0 aliphatic rings. The van der Waals surface area contributed by atoms with Crippen LogP contribution in [-0.2, 0) is 9.53 Å². The van der Waals surface area contributed by atoms with Gasteiger partial charge in [-0.1, -0.05) is 31.2 Å². The molecule has 3 nitrogen and oxygen atoms in total. The van der Waals surface area contributed by atoms with Gasteiger partial charge in [0.05, 0.1) is 0 Å². The molecule has 0 aliphatic heterocycles. The van der Waals surface area contributed by atoms with E-state index in [-0.39, 0.29) is 17.9 Å². The van der Waals surface area contributed by atoms with Crippen molar-refractivity contribution in [1.82, 2.24) is 0 Å². The van der Waals surface area contributed by atoms with Gasteiger partial charge >= 0.3 is 5.97 Å². The third-order valence-electron chi connectivity index (χ3n) is 2.52. The summed E-state index contributed by atoms with van der Waals surface area (Å²) in [6.45, 7) is 5.18. The summed E-state index contributed by atoms with van der Waals surface area (Å²) in [5.41, 5.74) is 1.61. The van der Waals surface area contributed by atoms with Crippen LogP contribution in [0.3, 0.4) is 0 Å². The lowest BCUT2D eigenvalue weighted by Gasteiger charge is -2.12. The molecule has 0 amide bonds. The molecule has 0 aliphatic carbocycles. The van der Waals surface area contributed by atoms with E-state index in [1.165, 1.54) is 6.92 Å². The lowest BCUT2D eigenvalue weighted by molar-refractivity contribution is -0.145. The van der Waals surface area contributed by atoms with Crippen LogP contribution in [0.1, 0.15) is 55.6 Å². The Bertz CT molecular complexity index is 392. The van der Waals surface area contributed by atoms with Crippen molar-refractivity contribution >= 4 is 11.8 Å². The topological polar surface area (TPSA) is 43.4 Å². The first-order valence-corrected chi connectivity index (χ1v) is 5.85. The average molecular weight is 234 g/mol. The Hall–Kier alpha value is -1.64. The zero-order valence-electron chi connectivity index (χ0n) is 10.5. The fourth-order valence-corrected chi connectivity index (χ4v) is 1.63. The van der Waals surface area contributed by atoms with Crippen molar-refractivity contribution in [3.63, 3.8) is 0 Å². The predicted octanol–water partition coefficient (Wildman–Crippen LogP) is 3.29. The molecule has 1 unspecified atom stereocenters. The minimum Gasteiger partial charge on any atom is -0.458 e.